The van der Waals surface area contributed by atoms with E-state index in [2.05, 4.69) is 41.5 Å². The van der Waals surface area contributed by atoms with Crippen LogP contribution in [0.4, 0.5) is 0 Å². The van der Waals surface area contributed by atoms with Crippen molar-refractivity contribution in [3.63, 3.8) is 0 Å². The van der Waals surface area contributed by atoms with Gasteiger partial charge in [0.25, 0.3) is 0 Å². The lowest BCUT2D eigenvalue weighted by Gasteiger charge is -2.23. The zero-order chi connectivity index (χ0) is 19.8. The highest BCUT2D eigenvalue weighted by atomic mass is 31.2. The summed E-state index contributed by atoms with van der Waals surface area (Å²) in [6.45, 7) is 14.2. The van der Waals surface area contributed by atoms with E-state index in [1.54, 1.807) is 0 Å². The van der Waals surface area contributed by atoms with Crippen LogP contribution < -0.4 is 0 Å². The first-order valence-corrected chi connectivity index (χ1v) is 12.4. The van der Waals surface area contributed by atoms with Crippen molar-refractivity contribution in [3.8, 4) is 0 Å². The molecular weight excluding hydrogens is 347 g/mol. The molecule has 0 aromatic carbocycles. The Hall–Kier alpha value is 0.110. The van der Waals surface area contributed by atoms with E-state index in [1.807, 2.05) is 0 Å². The summed E-state index contributed by atoms with van der Waals surface area (Å²) in [4.78, 5) is 0. The molecule has 0 amide bonds. The maximum Gasteiger partial charge on any atom is 0.474 e. The summed E-state index contributed by atoms with van der Waals surface area (Å²) in [7, 11) is -3.48. The van der Waals surface area contributed by atoms with Crippen LogP contribution >= 0.6 is 7.82 Å². The minimum Gasteiger partial charge on any atom is -0.287 e. The molecule has 0 radical (unpaired) electrons. The molecule has 0 heterocycles. The summed E-state index contributed by atoms with van der Waals surface area (Å²) >= 11 is 0. The second-order valence-electron chi connectivity index (χ2n) is 8.08. The number of phosphoric acid groups is 1. The second kappa shape index (κ2) is 16.1. The van der Waals surface area contributed by atoms with Crippen molar-refractivity contribution >= 4 is 7.82 Å². The molecule has 0 aliphatic carbocycles. The van der Waals surface area contributed by atoms with Gasteiger partial charge in [-0.05, 0) is 37.0 Å². The van der Waals surface area contributed by atoms with Crippen LogP contribution in [0.15, 0.2) is 0 Å². The van der Waals surface area contributed by atoms with E-state index in [9.17, 15) is 4.57 Å². The standard InChI is InChI=1S/C21H45O4P/c1-7-10-13-19(4)16-23-26(22,24-17-20(5)14-11-8-2)25-18-21(6)15-12-9-3/h19-21H,7-18H2,1-6H3. The van der Waals surface area contributed by atoms with E-state index in [1.165, 1.54) is 38.5 Å². The number of hydrogen-bond donors (Lipinski definition) is 0. The first-order chi connectivity index (χ1) is 12.4. The molecule has 0 aliphatic rings. The summed E-state index contributed by atoms with van der Waals surface area (Å²) in [6.07, 6.45) is 10.2. The number of unbranched alkanes of at least 4 members (excludes halogenated alkanes) is 3. The molecule has 158 valence electrons. The van der Waals surface area contributed by atoms with Gasteiger partial charge in [-0.1, -0.05) is 80.1 Å². The molecule has 0 aliphatic heterocycles. The molecule has 4 nitrogen and oxygen atoms in total. The van der Waals surface area contributed by atoms with Gasteiger partial charge in [0.2, 0.25) is 0 Å². The van der Waals surface area contributed by atoms with Crippen LogP contribution in [0.2, 0.25) is 0 Å². The van der Waals surface area contributed by atoms with Crippen LogP contribution in [0.3, 0.4) is 0 Å². The predicted octanol–water partition coefficient (Wildman–Crippen LogP) is 7.62. The fourth-order valence-electron chi connectivity index (χ4n) is 2.68. The Morgan fingerprint density at radius 3 is 1.12 bits per heavy atom. The fourth-order valence-corrected chi connectivity index (χ4v) is 4.21. The van der Waals surface area contributed by atoms with Gasteiger partial charge in [-0.3, -0.25) is 13.6 Å². The molecule has 0 spiro atoms. The highest BCUT2D eigenvalue weighted by Crippen LogP contribution is 2.50. The molecule has 0 saturated carbocycles. The molecule has 0 fully saturated rings. The third kappa shape index (κ3) is 14.2. The second-order valence-corrected chi connectivity index (χ2v) is 9.75. The maximum atomic E-state index is 13.1. The van der Waals surface area contributed by atoms with Gasteiger partial charge >= 0.3 is 7.82 Å². The molecule has 3 unspecified atom stereocenters. The van der Waals surface area contributed by atoms with Gasteiger partial charge in [0.15, 0.2) is 0 Å². The molecule has 0 saturated heterocycles. The summed E-state index contributed by atoms with van der Waals surface area (Å²) < 4.78 is 30.2. The summed E-state index contributed by atoms with van der Waals surface area (Å²) in [5.74, 6) is 1.10. The molecule has 0 N–H and O–H groups in total. The van der Waals surface area contributed by atoms with Crippen molar-refractivity contribution in [2.75, 3.05) is 19.8 Å². The van der Waals surface area contributed by atoms with Gasteiger partial charge in [-0.15, -0.1) is 0 Å². The van der Waals surface area contributed by atoms with Crippen molar-refractivity contribution in [2.45, 2.75) is 99.3 Å². The van der Waals surface area contributed by atoms with E-state index < -0.39 is 7.82 Å². The number of hydrogen-bond acceptors (Lipinski definition) is 4. The zero-order valence-corrected chi connectivity index (χ0v) is 19.2. The average Bonchev–Trinajstić information content (AvgIpc) is 2.64. The molecule has 0 aromatic rings. The molecule has 5 heteroatoms. The summed E-state index contributed by atoms with van der Waals surface area (Å²) in [6, 6.07) is 0. The molecule has 26 heavy (non-hydrogen) atoms. The van der Waals surface area contributed by atoms with Crippen LogP contribution in [0.1, 0.15) is 99.3 Å². The van der Waals surface area contributed by atoms with Crippen molar-refractivity contribution < 1.29 is 18.1 Å². The van der Waals surface area contributed by atoms with Crippen LogP contribution in [-0.2, 0) is 18.1 Å². The Morgan fingerprint density at radius 1 is 0.615 bits per heavy atom. The Labute approximate surface area is 163 Å². The van der Waals surface area contributed by atoms with Gasteiger partial charge in [-0.25, -0.2) is 4.57 Å². The third-order valence-corrected chi connectivity index (χ3v) is 6.10. The summed E-state index contributed by atoms with van der Waals surface area (Å²) in [5.41, 5.74) is 0. The maximum absolute atomic E-state index is 13.1. The first kappa shape index (κ1) is 26.1. The lowest BCUT2D eigenvalue weighted by Crippen LogP contribution is -2.13. The van der Waals surface area contributed by atoms with E-state index >= 15 is 0 Å². The summed E-state index contributed by atoms with van der Waals surface area (Å²) in [5, 5.41) is 0. The van der Waals surface area contributed by atoms with Gasteiger partial charge in [0, 0.05) is 0 Å². The molecular formula is C21H45O4P. The minimum atomic E-state index is -3.48. The lowest BCUT2D eigenvalue weighted by molar-refractivity contribution is 0.0800. The predicted molar refractivity (Wildman–Crippen MR) is 112 cm³/mol. The molecule has 0 rings (SSSR count). The van der Waals surface area contributed by atoms with Crippen LogP contribution in [0.5, 0.6) is 0 Å². The lowest BCUT2D eigenvalue weighted by atomic mass is 10.1. The smallest absolute Gasteiger partial charge is 0.287 e. The Balaban J connectivity index is 4.55. The monoisotopic (exact) mass is 392 g/mol. The SMILES string of the molecule is CCCCC(C)COP(=O)(OCC(C)CCCC)OCC(C)CCCC. The minimum absolute atomic E-state index is 0.366. The molecule has 0 bridgehead atoms. The zero-order valence-electron chi connectivity index (χ0n) is 18.3. The van der Waals surface area contributed by atoms with Gasteiger partial charge in [0.05, 0.1) is 19.8 Å². The van der Waals surface area contributed by atoms with Gasteiger partial charge in [-0.2, -0.15) is 0 Å². The van der Waals surface area contributed by atoms with E-state index in [0.29, 0.717) is 37.6 Å². The highest BCUT2D eigenvalue weighted by molar-refractivity contribution is 7.48. The number of phosphoric ester groups is 1. The van der Waals surface area contributed by atoms with Crippen molar-refractivity contribution in [3.05, 3.63) is 0 Å². The van der Waals surface area contributed by atoms with Crippen molar-refractivity contribution in [2.24, 2.45) is 17.8 Å². The molecule has 3 atom stereocenters. The Morgan fingerprint density at radius 2 is 0.885 bits per heavy atom. The van der Waals surface area contributed by atoms with Gasteiger partial charge < -0.3 is 0 Å². The normalized spacial score (nSPS) is 17.6. The van der Waals surface area contributed by atoms with Crippen LogP contribution in [-0.4, -0.2) is 19.8 Å². The van der Waals surface area contributed by atoms with E-state index in [-0.39, 0.29) is 0 Å². The first-order valence-electron chi connectivity index (χ1n) is 10.9. The van der Waals surface area contributed by atoms with Crippen molar-refractivity contribution in [1.29, 1.82) is 0 Å². The van der Waals surface area contributed by atoms with Crippen molar-refractivity contribution in [1.82, 2.24) is 0 Å². The highest BCUT2D eigenvalue weighted by Gasteiger charge is 2.29. The topological polar surface area (TPSA) is 44.8 Å². The quantitative estimate of drug-likeness (QED) is 0.225. The van der Waals surface area contributed by atoms with E-state index in [0.717, 1.165) is 19.3 Å². The Bertz CT molecular complexity index is 310. The van der Waals surface area contributed by atoms with E-state index in [4.69, 9.17) is 13.6 Å². The largest absolute Gasteiger partial charge is 0.474 e. The number of rotatable bonds is 18. The van der Waals surface area contributed by atoms with Crippen LogP contribution in [0.25, 0.3) is 0 Å². The Kier molecular flexibility index (Phi) is 16.2. The average molecular weight is 393 g/mol. The third-order valence-electron chi connectivity index (χ3n) is 4.70. The molecule has 0 aromatic heterocycles. The van der Waals surface area contributed by atoms with Gasteiger partial charge in [0.1, 0.15) is 0 Å². The van der Waals surface area contributed by atoms with Crippen LogP contribution in [0, 0.1) is 17.8 Å². The fraction of sp³-hybridized carbons (Fsp3) is 1.00.